The minimum Gasteiger partial charge on any atom is -0.415 e. The molecule has 2 heterocycles. The molecule has 1 fully saturated rings. The minimum atomic E-state index is -2.84. The third-order valence-corrected chi connectivity index (χ3v) is 6.16. The van der Waals surface area contributed by atoms with Gasteiger partial charge in [-0.2, -0.15) is 8.78 Å². The molecule has 1 aliphatic rings. The quantitative estimate of drug-likeness (QED) is 0.432. The first kappa shape index (κ1) is 22.2. The highest BCUT2D eigenvalue weighted by Gasteiger charge is 2.41. The first-order valence-electron chi connectivity index (χ1n) is 9.91. The molecule has 0 saturated heterocycles. The van der Waals surface area contributed by atoms with E-state index in [4.69, 9.17) is 4.42 Å². The molecule has 1 amide bonds. The Kier molecular flexibility index (Phi) is 6.14. The number of hydrogen-bond acceptors (Lipinski definition) is 6. The molecule has 0 aliphatic heterocycles. The summed E-state index contributed by atoms with van der Waals surface area (Å²) in [6, 6.07) is 8.64. The van der Waals surface area contributed by atoms with Gasteiger partial charge in [0.05, 0.1) is 23.2 Å². The summed E-state index contributed by atoms with van der Waals surface area (Å²) in [5.41, 5.74) is 1.60. The maximum absolute atomic E-state index is 13.2. The van der Waals surface area contributed by atoms with Gasteiger partial charge >= 0.3 is 6.43 Å². The molecule has 4 rings (SSSR count). The maximum atomic E-state index is 13.2. The van der Waals surface area contributed by atoms with Crippen LogP contribution in [-0.4, -0.2) is 39.3 Å². The van der Waals surface area contributed by atoms with Crippen molar-refractivity contribution in [2.45, 2.75) is 37.6 Å². The summed E-state index contributed by atoms with van der Waals surface area (Å²) < 4.78 is 31.0. The molecule has 10 heteroatoms. The SMILES string of the molecule is CN(Cc1ccc(-c2nnc(C(F)F)o2)cn1)C(=O)c1ccc(Br)cc1C1(C=O)CCC1. The van der Waals surface area contributed by atoms with Crippen molar-refractivity contribution in [3.8, 4) is 11.5 Å². The molecule has 0 atom stereocenters. The average Bonchev–Trinajstić information content (AvgIpc) is 3.24. The van der Waals surface area contributed by atoms with Gasteiger partial charge in [-0.05, 0) is 48.7 Å². The summed E-state index contributed by atoms with van der Waals surface area (Å²) in [5.74, 6) is -1.02. The topological polar surface area (TPSA) is 89.2 Å². The Morgan fingerprint density at radius 2 is 2.06 bits per heavy atom. The van der Waals surface area contributed by atoms with Crippen LogP contribution in [0.4, 0.5) is 8.78 Å². The molecule has 0 bridgehead atoms. The van der Waals surface area contributed by atoms with E-state index in [1.54, 1.807) is 31.3 Å². The Morgan fingerprint density at radius 3 is 2.62 bits per heavy atom. The van der Waals surface area contributed by atoms with Crippen LogP contribution in [0.25, 0.3) is 11.5 Å². The Balaban J connectivity index is 1.51. The molecule has 32 heavy (non-hydrogen) atoms. The van der Waals surface area contributed by atoms with E-state index in [-0.39, 0.29) is 18.3 Å². The number of amides is 1. The van der Waals surface area contributed by atoms with E-state index in [2.05, 4.69) is 31.1 Å². The second kappa shape index (κ2) is 8.85. The molecule has 0 unspecified atom stereocenters. The molecule has 0 N–H and O–H groups in total. The smallest absolute Gasteiger partial charge is 0.314 e. The van der Waals surface area contributed by atoms with Crippen molar-refractivity contribution in [3.05, 3.63) is 63.7 Å². The van der Waals surface area contributed by atoms with Gasteiger partial charge in [-0.3, -0.25) is 9.78 Å². The minimum absolute atomic E-state index is 0.0528. The standard InChI is InChI=1S/C22H19BrF2N4O3/c1-29(11-15-5-3-13(10-26-15)19-27-28-20(32-19)18(24)25)21(31)16-6-4-14(23)9-17(16)22(12-30)7-2-8-22/h3-6,9-10,12,18H,2,7-8,11H2,1H3. The van der Waals surface area contributed by atoms with Crippen LogP contribution < -0.4 is 0 Å². The van der Waals surface area contributed by atoms with Crippen LogP contribution in [0.15, 0.2) is 45.4 Å². The Hall–Kier alpha value is -3.01. The Bertz CT molecular complexity index is 1150. The molecule has 3 aromatic rings. The first-order valence-corrected chi connectivity index (χ1v) is 10.7. The van der Waals surface area contributed by atoms with Crippen LogP contribution in [0.1, 0.15) is 53.2 Å². The van der Waals surface area contributed by atoms with Crippen molar-refractivity contribution in [2.24, 2.45) is 0 Å². The monoisotopic (exact) mass is 504 g/mol. The molecule has 1 aromatic carbocycles. The van der Waals surface area contributed by atoms with E-state index in [0.717, 1.165) is 35.6 Å². The number of carbonyl (C=O) groups excluding carboxylic acids is 2. The summed E-state index contributed by atoms with van der Waals surface area (Å²) in [6.45, 7) is 0.217. The number of nitrogens with zero attached hydrogens (tertiary/aromatic N) is 4. The second-order valence-electron chi connectivity index (χ2n) is 7.76. The fraction of sp³-hybridized carbons (Fsp3) is 0.318. The van der Waals surface area contributed by atoms with Gasteiger partial charge in [-0.15, -0.1) is 10.2 Å². The lowest BCUT2D eigenvalue weighted by Gasteiger charge is -2.38. The van der Waals surface area contributed by atoms with Crippen LogP contribution in [0.5, 0.6) is 0 Å². The molecule has 166 valence electrons. The summed E-state index contributed by atoms with van der Waals surface area (Å²) in [7, 11) is 1.66. The van der Waals surface area contributed by atoms with E-state index in [9.17, 15) is 18.4 Å². The number of aldehydes is 1. The fourth-order valence-corrected chi connectivity index (χ4v) is 4.09. The third kappa shape index (κ3) is 4.19. The maximum Gasteiger partial charge on any atom is 0.314 e. The largest absolute Gasteiger partial charge is 0.415 e. The number of halogens is 3. The van der Waals surface area contributed by atoms with Crippen molar-refractivity contribution >= 4 is 28.1 Å². The van der Waals surface area contributed by atoms with Gasteiger partial charge < -0.3 is 14.1 Å². The van der Waals surface area contributed by atoms with Crippen molar-refractivity contribution in [1.82, 2.24) is 20.1 Å². The summed E-state index contributed by atoms with van der Waals surface area (Å²) in [4.78, 5) is 30.8. The van der Waals surface area contributed by atoms with Crippen molar-refractivity contribution in [3.63, 3.8) is 0 Å². The number of hydrogen-bond donors (Lipinski definition) is 0. The number of aromatic nitrogens is 3. The van der Waals surface area contributed by atoms with Crippen molar-refractivity contribution in [2.75, 3.05) is 7.05 Å². The molecule has 7 nitrogen and oxygen atoms in total. The molecular weight excluding hydrogens is 486 g/mol. The van der Waals surface area contributed by atoms with Crippen molar-refractivity contribution < 1.29 is 22.8 Å². The molecule has 1 saturated carbocycles. The first-order chi connectivity index (χ1) is 15.3. The summed E-state index contributed by atoms with van der Waals surface area (Å²) in [5, 5.41) is 6.89. The Morgan fingerprint density at radius 1 is 1.28 bits per heavy atom. The molecule has 0 spiro atoms. The number of carbonyl (C=O) groups is 2. The van der Waals surface area contributed by atoms with Crippen LogP contribution in [0.2, 0.25) is 0 Å². The van der Waals surface area contributed by atoms with Crippen LogP contribution in [0.3, 0.4) is 0 Å². The van der Waals surface area contributed by atoms with Gasteiger partial charge in [-0.25, -0.2) is 0 Å². The summed E-state index contributed by atoms with van der Waals surface area (Å²) >= 11 is 3.44. The zero-order valence-corrected chi connectivity index (χ0v) is 18.7. The van der Waals surface area contributed by atoms with E-state index in [1.165, 1.54) is 11.1 Å². The third-order valence-electron chi connectivity index (χ3n) is 5.66. The van der Waals surface area contributed by atoms with Gasteiger partial charge in [0.1, 0.15) is 6.29 Å². The summed E-state index contributed by atoms with van der Waals surface area (Å²) in [6.07, 6.45) is 1.93. The predicted molar refractivity (Wildman–Crippen MR) is 114 cm³/mol. The van der Waals surface area contributed by atoms with E-state index >= 15 is 0 Å². The van der Waals surface area contributed by atoms with Crippen LogP contribution >= 0.6 is 15.9 Å². The highest BCUT2D eigenvalue weighted by Crippen LogP contribution is 2.44. The highest BCUT2D eigenvalue weighted by atomic mass is 79.9. The van der Waals surface area contributed by atoms with E-state index in [1.807, 2.05) is 6.07 Å². The predicted octanol–water partition coefficient (Wildman–Crippen LogP) is 4.72. The molecule has 2 aromatic heterocycles. The lowest BCUT2D eigenvalue weighted by molar-refractivity contribution is -0.115. The van der Waals surface area contributed by atoms with Crippen LogP contribution in [-0.2, 0) is 16.8 Å². The van der Waals surface area contributed by atoms with Gasteiger partial charge in [0.25, 0.3) is 11.8 Å². The zero-order valence-electron chi connectivity index (χ0n) is 17.1. The van der Waals surface area contributed by atoms with Gasteiger partial charge in [0, 0.05) is 23.3 Å². The second-order valence-corrected chi connectivity index (χ2v) is 8.68. The fourth-order valence-electron chi connectivity index (χ4n) is 3.73. The lowest BCUT2D eigenvalue weighted by Crippen LogP contribution is -2.39. The lowest BCUT2D eigenvalue weighted by atomic mass is 9.64. The van der Waals surface area contributed by atoms with E-state index in [0.29, 0.717) is 16.8 Å². The van der Waals surface area contributed by atoms with E-state index < -0.39 is 17.7 Å². The Labute approximate surface area is 191 Å². The number of alkyl halides is 2. The highest BCUT2D eigenvalue weighted by molar-refractivity contribution is 9.10. The van der Waals surface area contributed by atoms with Gasteiger partial charge in [0.15, 0.2) is 0 Å². The molecule has 0 radical (unpaired) electrons. The van der Waals surface area contributed by atoms with Gasteiger partial charge in [0.2, 0.25) is 5.89 Å². The molecular formula is C22H19BrF2N4O3. The van der Waals surface area contributed by atoms with Crippen LogP contribution in [0, 0.1) is 0 Å². The number of benzene rings is 1. The number of pyridine rings is 1. The zero-order chi connectivity index (χ0) is 22.9. The molecule has 1 aliphatic carbocycles. The average molecular weight is 505 g/mol. The number of rotatable bonds is 7. The van der Waals surface area contributed by atoms with Gasteiger partial charge in [-0.1, -0.05) is 22.4 Å². The normalized spacial score (nSPS) is 14.8. The van der Waals surface area contributed by atoms with Crippen molar-refractivity contribution in [1.29, 1.82) is 0 Å².